The van der Waals surface area contributed by atoms with Crippen molar-refractivity contribution in [2.75, 3.05) is 13.2 Å². The molecule has 1 aliphatic carbocycles. The smallest absolute Gasteiger partial charge is 0.317 e. The standard InChI is InChI=1S/C22H31NO6/c1-13(2)11-28-20(25)18-16(24)9-22(5,27)19(21(26)29-12-14(3)4)17(18)15-7-6-8-23-10-15/h6-8,10,13-14,17-19,27H,9,11-12H2,1-5H3/t17-,18-,19+,22+/m1/s1. The van der Waals surface area contributed by atoms with Crippen LogP contribution in [0.1, 0.15) is 52.5 Å². The van der Waals surface area contributed by atoms with Gasteiger partial charge < -0.3 is 14.6 Å². The molecule has 1 N–H and O–H groups in total. The molecule has 0 aliphatic heterocycles. The van der Waals surface area contributed by atoms with Crippen molar-refractivity contribution in [3.63, 3.8) is 0 Å². The molecule has 1 aromatic rings. The summed E-state index contributed by atoms with van der Waals surface area (Å²) in [7, 11) is 0. The van der Waals surface area contributed by atoms with Crippen LogP contribution in [0.5, 0.6) is 0 Å². The zero-order chi connectivity index (χ0) is 21.8. The van der Waals surface area contributed by atoms with E-state index in [0.717, 1.165) is 0 Å². The Morgan fingerprint density at radius 2 is 1.76 bits per heavy atom. The van der Waals surface area contributed by atoms with Gasteiger partial charge in [-0.15, -0.1) is 0 Å². The Balaban J connectivity index is 2.47. The minimum Gasteiger partial charge on any atom is -0.465 e. The van der Waals surface area contributed by atoms with Crippen LogP contribution in [0.25, 0.3) is 0 Å². The summed E-state index contributed by atoms with van der Waals surface area (Å²) in [6.07, 6.45) is 2.74. The molecular weight excluding hydrogens is 374 g/mol. The fourth-order valence-electron chi connectivity index (χ4n) is 3.67. The van der Waals surface area contributed by atoms with Crippen molar-refractivity contribution in [2.24, 2.45) is 23.7 Å². The lowest BCUT2D eigenvalue weighted by atomic mass is 9.62. The number of pyridine rings is 1. The van der Waals surface area contributed by atoms with Crippen LogP contribution in [-0.4, -0.2) is 46.6 Å². The second-order valence-corrected chi connectivity index (χ2v) is 8.82. The lowest BCUT2D eigenvalue weighted by Gasteiger charge is -2.43. The van der Waals surface area contributed by atoms with Crippen LogP contribution in [0.15, 0.2) is 24.5 Å². The predicted molar refractivity (Wildman–Crippen MR) is 106 cm³/mol. The number of hydrogen-bond donors (Lipinski definition) is 1. The normalized spacial score (nSPS) is 27.2. The fraction of sp³-hybridized carbons (Fsp3) is 0.636. The molecule has 7 heteroatoms. The molecule has 0 aromatic carbocycles. The molecule has 1 aromatic heterocycles. The first kappa shape index (κ1) is 23.0. The SMILES string of the molecule is CC(C)COC(=O)[C@@H]1C(=O)C[C@](C)(O)[C@H](C(=O)OCC(C)C)[C@@H]1c1cccnc1. The van der Waals surface area contributed by atoms with Gasteiger partial charge in [0, 0.05) is 24.7 Å². The molecule has 0 amide bonds. The monoisotopic (exact) mass is 405 g/mol. The Kier molecular flexibility index (Phi) is 7.52. The van der Waals surface area contributed by atoms with E-state index >= 15 is 0 Å². The van der Waals surface area contributed by atoms with Gasteiger partial charge in [-0.2, -0.15) is 0 Å². The molecule has 0 unspecified atom stereocenters. The summed E-state index contributed by atoms with van der Waals surface area (Å²) in [5, 5.41) is 11.0. The summed E-state index contributed by atoms with van der Waals surface area (Å²) in [5.74, 6) is -4.78. The van der Waals surface area contributed by atoms with Gasteiger partial charge in [0.1, 0.15) is 5.92 Å². The van der Waals surface area contributed by atoms with Crippen LogP contribution in [-0.2, 0) is 23.9 Å². The van der Waals surface area contributed by atoms with Gasteiger partial charge in [-0.25, -0.2) is 0 Å². The number of nitrogens with zero attached hydrogens (tertiary/aromatic N) is 1. The minimum atomic E-state index is -1.65. The van der Waals surface area contributed by atoms with Crippen LogP contribution in [0.3, 0.4) is 0 Å². The Labute approximate surface area is 171 Å². The lowest BCUT2D eigenvalue weighted by molar-refractivity contribution is -0.173. The highest BCUT2D eigenvalue weighted by Gasteiger charge is 2.57. The quantitative estimate of drug-likeness (QED) is 0.549. The minimum absolute atomic E-state index is 0.101. The molecule has 1 saturated carbocycles. The predicted octanol–water partition coefficient (Wildman–Crippen LogP) is 2.52. The Bertz CT molecular complexity index is 728. The van der Waals surface area contributed by atoms with Gasteiger partial charge in [0.2, 0.25) is 0 Å². The maximum atomic E-state index is 13.0. The van der Waals surface area contributed by atoms with Gasteiger partial charge in [0.05, 0.1) is 24.7 Å². The average Bonchev–Trinajstić information content (AvgIpc) is 2.63. The molecule has 160 valence electrons. The molecule has 2 rings (SSSR count). The Morgan fingerprint density at radius 1 is 1.17 bits per heavy atom. The average molecular weight is 405 g/mol. The second kappa shape index (κ2) is 9.48. The molecule has 7 nitrogen and oxygen atoms in total. The van der Waals surface area contributed by atoms with E-state index in [1.165, 1.54) is 13.1 Å². The van der Waals surface area contributed by atoms with E-state index in [-0.39, 0.29) is 31.5 Å². The summed E-state index contributed by atoms with van der Waals surface area (Å²) < 4.78 is 10.8. The summed E-state index contributed by atoms with van der Waals surface area (Å²) >= 11 is 0. The van der Waals surface area contributed by atoms with Crippen molar-refractivity contribution in [3.05, 3.63) is 30.1 Å². The number of carbonyl (C=O) groups excluding carboxylic acids is 3. The number of ether oxygens (including phenoxy) is 2. The molecule has 29 heavy (non-hydrogen) atoms. The van der Waals surface area contributed by atoms with Crippen LogP contribution >= 0.6 is 0 Å². The molecule has 0 saturated heterocycles. The van der Waals surface area contributed by atoms with Gasteiger partial charge in [0.15, 0.2) is 5.78 Å². The van der Waals surface area contributed by atoms with Crippen molar-refractivity contribution in [3.8, 4) is 0 Å². The zero-order valence-corrected chi connectivity index (χ0v) is 17.8. The largest absolute Gasteiger partial charge is 0.465 e. The van der Waals surface area contributed by atoms with Crippen molar-refractivity contribution in [2.45, 2.75) is 52.6 Å². The number of aliphatic hydroxyl groups is 1. The van der Waals surface area contributed by atoms with Crippen molar-refractivity contribution < 1.29 is 29.0 Å². The van der Waals surface area contributed by atoms with Gasteiger partial charge >= 0.3 is 11.9 Å². The highest BCUT2D eigenvalue weighted by atomic mass is 16.5. The molecule has 0 spiro atoms. The van der Waals surface area contributed by atoms with Crippen LogP contribution < -0.4 is 0 Å². The number of Topliss-reactive ketones (excluding diaryl/α,β-unsaturated/α-hetero) is 1. The molecule has 4 atom stereocenters. The summed E-state index contributed by atoms with van der Waals surface area (Å²) in [4.78, 5) is 42.8. The first-order chi connectivity index (χ1) is 13.5. The van der Waals surface area contributed by atoms with E-state index in [4.69, 9.17) is 9.47 Å². The van der Waals surface area contributed by atoms with Crippen LogP contribution in [0.2, 0.25) is 0 Å². The number of rotatable bonds is 7. The highest BCUT2D eigenvalue weighted by Crippen LogP contribution is 2.46. The van der Waals surface area contributed by atoms with E-state index in [0.29, 0.717) is 5.56 Å². The number of aromatic nitrogens is 1. The Morgan fingerprint density at radius 3 is 2.28 bits per heavy atom. The molecule has 1 fully saturated rings. The maximum absolute atomic E-state index is 13.0. The van der Waals surface area contributed by atoms with E-state index in [1.807, 2.05) is 27.7 Å². The van der Waals surface area contributed by atoms with Gasteiger partial charge in [-0.3, -0.25) is 19.4 Å². The molecule has 1 aliphatic rings. The molecule has 1 heterocycles. The fourth-order valence-corrected chi connectivity index (χ4v) is 3.67. The lowest BCUT2D eigenvalue weighted by Crippen LogP contribution is -2.55. The number of hydrogen-bond acceptors (Lipinski definition) is 7. The van der Waals surface area contributed by atoms with Crippen molar-refractivity contribution in [1.29, 1.82) is 0 Å². The Hall–Kier alpha value is -2.28. The van der Waals surface area contributed by atoms with Crippen molar-refractivity contribution in [1.82, 2.24) is 4.98 Å². The first-order valence-electron chi connectivity index (χ1n) is 10.0. The third-order valence-electron chi connectivity index (χ3n) is 4.96. The van der Waals surface area contributed by atoms with Crippen LogP contribution in [0, 0.1) is 23.7 Å². The van der Waals surface area contributed by atoms with Crippen LogP contribution in [0.4, 0.5) is 0 Å². The van der Waals surface area contributed by atoms with Crippen molar-refractivity contribution >= 4 is 17.7 Å². The first-order valence-corrected chi connectivity index (χ1v) is 10.0. The van der Waals surface area contributed by atoms with E-state index in [2.05, 4.69) is 4.98 Å². The van der Waals surface area contributed by atoms with E-state index in [9.17, 15) is 19.5 Å². The summed E-state index contributed by atoms with van der Waals surface area (Å²) in [6.45, 7) is 9.38. The highest BCUT2D eigenvalue weighted by molar-refractivity contribution is 6.02. The van der Waals surface area contributed by atoms with Gasteiger partial charge in [-0.1, -0.05) is 33.8 Å². The third kappa shape index (κ3) is 5.63. The van der Waals surface area contributed by atoms with Gasteiger partial charge in [0.25, 0.3) is 0 Å². The zero-order valence-electron chi connectivity index (χ0n) is 17.8. The van der Waals surface area contributed by atoms with E-state index < -0.39 is 41.1 Å². The third-order valence-corrected chi connectivity index (χ3v) is 4.96. The summed E-state index contributed by atoms with van der Waals surface area (Å²) in [5.41, 5.74) is -1.14. The number of ketones is 1. The molecule has 0 bridgehead atoms. The number of carbonyl (C=O) groups is 3. The number of esters is 2. The second-order valence-electron chi connectivity index (χ2n) is 8.82. The molecular formula is C22H31NO6. The summed E-state index contributed by atoms with van der Waals surface area (Å²) in [6, 6.07) is 3.36. The maximum Gasteiger partial charge on any atom is 0.317 e. The molecule has 0 radical (unpaired) electrons. The topological polar surface area (TPSA) is 103 Å². The van der Waals surface area contributed by atoms with Gasteiger partial charge in [-0.05, 0) is 30.4 Å². The van der Waals surface area contributed by atoms with E-state index in [1.54, 1.807) is 18.3 Å².